The highest BCUT2D eigenvalue weighted by molar-refractivity contribution is 5.84. The normalized spacial score (nSPS) is 25.7. The van der Waals surface area contributed by atoms with Crippen molar-refractivity contribution in [2.75, 3.05) is 13.1 Å². The molecule has 0 amide bonds. The number of aliphatic carboxylic acids is 1. The van der Waals surface area contributed by atoms with E-state index in [2.05, 4.69) is 4.90 Å². The van der Waals surface area contributed by atoms with E-state index in [0.717, 1.165) is 36.6 Å². The van der Waals surface area contributed by atoms with Gasteiger partial charge in [0.15, 0.2) is 0 Å². The number of rotatable bonds is 5. The van der Waals surface area contributed by atoms with Crippen molar-refractivity contribution in [3.05, 3.63) is 71.8 Å². The second kappa shape index (κ2) is 6.64. The summed E-state index contributed by atoms with van der Waals surface area (Å²) in [6.07, 6.45) is 4.20. The Balaban J connectivity index is 1.79. The van der Waals surface area contributed by atoms with Gasteiger partial charge in [-0.25, -0.2) is 0 Å². The third-order valence-electron chi connectivity index (χ3n) is 6.19. The number of piperidine rings is 3. The summed E-state index contributed by atoms with van der Waals surface area (Å²) >= 11 is 0. The van der Waals surface area contributed by atoms with Gasteiger partial charge in [-0.15, -0.1) is 0 Å². The van der Waals surface area contributed by atoms with E-state index in [0.29, 0.717) is 12.5 Å². The van der Waals surface area contributed by atoms with E-state index in [1.165, 1.54) is 12.8 Å². The molecule has 25 heavy (non-hydrogen) atoms. The van der Waals surface area contributed by atoms with E-state index in [4.69, 9.17) is 0 Å². The maximum absolute atomic E-state index is 12.6. The number of carbonyl (C=O) groups is 1. The fourth-order valence-electron chi connectivity index (χ4n) is 4.82. The lowest BCUT2D eigenvalue weighted by Crippen LogP contribution is -2.55. The van der Waals surface area contributed by atoms with Crippen LogP contribution in [0, 0.1) is 5.92 Å². The SMILES string of the molecule is O=C([O-])C(CC1CC2CCN1CC2)(c1ccccc1)c1ccccc1. The molecule has 2 aromatic rings. The molecule has 3 fully saturated rings. The highest BCUT2D eigenvalue weighted by Crippen LogP contribution is 2.42. The molecule has 1 atom stereocenters. The molecule has 3 aliphatic heterocycles. The molecule has 0 radical (unpaired) electrons. The summed E-state index contributed by atoms with van der Waals surface area (Å²) in [5, 5.41) is 12.6. The number of carboxylic acid groups (broad SMARTS) is 1. The van der Waals surface area contributed by atoms with Crippen molar-refractivity contribution >= 4 is 5.97 Å². The van der Waals surface area contributed by atoms with E-state index in [1.807, 2.05) is 60.7 Å². The molecular formula is C22H24NO2-. The van der Waals surface area contributed by atoms with Crippen LogP contribution < -0.4 is 5.11 Å². The first-order valence-electron chi connectivity index (χ1n) is 9.27. The largest absolute Gasteiger partial charge is 0.549 e. The van der Waals surface area contributed by atoms with E-state index in [-0.39, 0.29) is 0 Å². The van der Waals surface area contributed by atoms with Gasteiger partial charge >= 0.3 is 0 Å². The average Bonchev–Trinajstić information content (AvgIpc) is 2.68. The van der Waals surface area contributed by atoms with Crippen molar-refractivity contribution in [2.24, 2.45) is 5.92 Å². The first kappa shape index (κ1) is 16.3. The molecule has 3 heteroatoms. The van der Waals surface area contributed by atoms with Gasteiger partial charge in [0.2, 0.25) is 0 Å². The minimum Gasteiger partial charge on any atom is -0.549 e. The zero-order chi connectivity index (χ0) is 17.3. The second-order valence-corrected chi connectivity index (χ2v) is 7.50. The fourth-order valence-corrected chi connectivity index (χ4v) is 4.82. The van der Waals surface area contributed by atoms with Crippen LogP contribution in [0.1, 0.15) is 36.8 Å². The Labute approximate surface area is 149 Å². The summed E-state index contributed by atoms with van der Waals surface area (Å²) in [6.45, 7) is 2.20. The highest BCUT2D eigenvalue weighted by atomic mass is 16.4. The number of carboxylic acids is 1. The van der Waals surface area contributed by atoms with Crippen molar-refractivity contribution in [1.82, 2.24) is 4.90 Å². The zero-order valence-corrected chi connectivity index (χ0v) is 14.4. The Morgan fingerprint density at radius 3 is 1.88 bits per heavy atom. The summed E-state index contributed by atoms with van der Waals surface area (Å²) in [5.74, 6) is -0.242. The van der Waals surface area contributed by atoms with Crippen LogP contribution in [0.4, 0.5) is 0 Å². The molecule has 1 unspecified atom stereocenters. The first-order chi connectivity index (χ1) is 12.2. The standard InChI is InChI=1S/C22H25NO2/c24-21(25)22(18-7-3-1-4-8-18,19-9-5-2-6-10-19)16-20-15-17-11-13-23(20)14-12-17/h1-10,17,20H,11-16H2,(H,24,25)/p-1. The summed E-state index contributed by atoms with van der Waals surface area (Å²) in [4.78, 5) is 15.1. The number of nitrogens with zero attached hydrogens (tertiary/aromatic N) is 1. The molecule has 130 valence electrons. The predicted octanol–water partition coefficient (Wildman–Crippen LogP) is 2.60. The number of fused-ring (bicyclic) bond motifs is 3. The van der Waals surface area contributed by atoms with E-state index in [1.54, 1.807) is 0 Å². The topological polar surface area (TPSA) is 43.4 Å². The van der Waals surface area contributed by atoms with Crippen LogP contribution in [-0.4, -0.2) is 30.0 Å². The lowest BCUT2D eigenvalue weighted by molar-refractivity contribution is -0.313. The fraction of sp³-hybridized carbons (Fsp3) is 0.409. The molecule has 3 aliphatic rings. The van der Waals surface area contributed by atoms with E-state index >= 15 is 0 Å². The van der Waals surface area contributed by atoms with Crippen LogP contribution in [0.2, 0.25) is 0 Å². The van der Waals surface area contributed by atoms with Crippen molar-refractivity contribution in [2.45, 2.75) is 37.1 Å². The van der Waals surface area contributed by atoms with Crippen LogP contribution in [0.15, 0.2) is 60.7 Å². The lowest BCUT2D eigenvalue weighted by Gasteiger charge is -2.49. The molecule has 2 bridgehead atoms. The van der Waals surface area contributed by atoms with Gasteiger partial charge < -0.3 is 14.8 Å². The van der Waals surface area contributed by atoms with Crippen molar-refractivity contribution < 1.29 is 9.90 Å². The molecule has 2 aromatic carbocycles. The number of hydrogen-bond acceptors (Lipinski definition) is 3. The third kappa shape index (κ3) is 2.87. The molecule has 3 saturated heterocycles. The molecule has 0 aromatic heterocycles. The molecule has 5 rings (SSSR count). The van der Waals surface area contributed by atoms with Gasteiger partial charge in [0, 0.05) is 6.04 Å². The summed E-state index contributed by atoms with van der Waals surface area (Å²) in [5.41, 5.74) is 0.553. The third-order valence-corrected chi connectivity index (χ3v) is 6.19. The van der Waals surface area contributed by atoms with E-state index < -0.39 is 11.4 Å². The molecule has 0 spiro atoms. The number of hydrogen-bond donors (Lipinski definition) is 0. The predicted molar refractivity (Wildman–Crippen MR) is 96.0 cm³/mol. The van der Waals surface area contributed by atoms with Crippen LogP contribution in [-0.2, 0) is 10.2 Å². The average molecular weight is 334 g/mol. The van der Waals surface area contributed by atoms with Gasteiger partial charge in [-0.2, -0.15) is 0 Å². The van der Waals surface area contributed by atoms with E-state index in [9.17, 15) is 9.90 Å². The molecule has 0 aliphatic carbocycles. The smallest absolute Gasteiger partial charge is 0.0611 e. The summed E-state index contributed by atoms with van der Waals surface area (Å²) < 4.78 is 0. The quantitative estimate of drug-likeness (QED) is 0.844. The van der Waals surface area contributed by atoms with Gasteiger partial charge in [-0.3, -0.25) is 0 Å². The van der Waals surface area contributed by atoms with Gasteiger partial charge in [0.1, 0.15) is 0 Å². The van der Waals surface area contributed by atoms with Crippen LogP contribution in [0.5, 0.6) is 0 Å². The lowest BCUT2D eigenvalue weighted by atomic mass is 9.67. The Kier molecular flexibility index (Phi) is 4.34. The molecule has 0 N–H and O–H groups in total. The maximum atomic E-state index is 12.6. The highest BCUT2D eigenvalue weighted by Gasteiger charge is 2.43. The Hall–Kier alpha value is -2.13. The Morgan fingerprint density at radius 1 is 0.960 bits per heavy atom. The molecule has 3 heterocycles. The van der Waals surface area contributed by atoms with Gasteiger partial charge in [-0.1, -0.05) is 60.7 Å². The minimum absolute atomic E-state index is 0.311. The van der Waals surface area contributed by atoms with Gasteiger partial charge in [0.05, 0.1) is 11.4 Å². The van der Waals surface area contributed by atoms with Gasteiger partial charge in [-0.05, 0) is 55.8 Å². The Morgan fingerprint density at radius 2 is 1.48 bits per heavy atom. The first-order valence-corrected chi connectivity index (χ1v) is 9.27. The molecule has 0 saturated carbocycles. The van der Waals surface area contributed by atoms with Crippen molar-refractivity contribution in [3.63, 3.8) is 0 Å². The van der Waals surface area contributed by atoms with Crippen LogP contribution in [0.3, 0.4) is 0 Å². The number of benzene rings is 2. The summed E-state index contributed by atoms with van der Waals surface area (Å²) in [6, 6.07) is 19.6. The summed E-state index contributed by atoms with van der Waals surface area (Å²) in [7, 11) is 0. The molecular weight excluding hydrogens is 310 g/mol. The van der Waals surface area contributed by atoms with Crippen LogP contribution >= 0.6 is 0 Å². The molecule has 3 nitrogen and oxygen atoms in total. The van der Waals surface area contributed by atoms with Crippen LogP contribution in [0.25, 0.3) is 0 Å². The maximum Gasteiger partial charge on any atom is 0.0611 e. The second-order valence-electron chi connectivity index (χ2n) is 7.50. The van der Waals surface area contributed by atoms with Crippen molar-refractivity contribution in [1.29, 1.82) is 0 Å². The number of carbonyl (C=O) groups excluding carboxylic acids is 1. The van der Waals surface area contributed by atoms with Gasteiger partial charge in [0.25, 0.3) is 0 Å². The Bertz CT molecular complexity index is 681. The van der Waals surface area contributed by atoms with Crippen molar-refractivity contribution in [3.8, 4) is 0 Å². The minimum atomic E-state index is -1.09. The monoisotopic (exact) mass is 334 g/mol. The zero-order valence-electron chi connectivity index (χ0n) is 14.4.